The first-order chi connectivity index (χ1) is 8.40. The van der Waals surface area contributed by atoms with Gasteiger partial charge in [-0.2, -0.15) is 0 Å². The average molecular weight is 232 g/mol. The van der Waals surface area contributed by atoms with E-state index in [9.17, 15) is 0 Å². The van der Waals surface area contributed by atoms with Crippen LogP contribution >= 0.6 is 0 Å². The summed E-state index contributed by atoms with van der Waals surface area (Å²) in [5, 5.41) is 11.7. The van der Waals surface area contributed by atoms with E-state index in [1.165, 1.54) is 0 Å². The number of aryl methyl sites for hydroxylation is 1. The van der Waals surface area contributed by atoms with Crippen molar-refractivity contribution in [2.75, 3.05) is 6.54 Å². The molecule has 90 valence electrons. The zero-order valence-corrected chi connectivity index (χ0v) is 9.66. The molecule has 0 saturated heterocycles. The molecule has 0 atom stereocenters. The highest BCUT2D eigenvalue weighted by atomic mass is 15.5. The summed E-state index contributed by atoms with van der Waals surface area (Å²) in [7, 11) is 0. The molecule has 0 aliphatic carbocycles. The highest BCUT2D eigenvalue weighted by Gasteiger charge is 2.06. The summed E-state index contributed by atoms with van der Waals surface area (Å²) < 4.78 is 1.84. The topological polar surface area (TPSA) is 82.5 Å². The van der Waals surface area contributed by atoms with Gasteiger partial charge in [-0.1, -0.05) is 0 Å². The SMILES string of the molecule is NCCCCn1nnnc1Cc1ccncc1. The lowest BCUT2D eigenvalue weighted by molar-refractivity contribution is 0.529. The third kappa shape index (κ3) is 3.32. The molecule has 17 heavy (non-hydrogen) atoms. The van der Waals surface area contributed by atoms with E-state index in [0.717, 1.165) is 37.2 Å². The third-order valence-electron chi connectivity index (χ3n) is 2.54. The highest BCUT2D eigenvalue weighted by molar-refractivity contribution is 5.14. The highest BCUT2D eigenvalue weighted by Crippen LogP contribution is 2.05. The van der Waals surface area contributed by atoms with Crippen LogP contribution < -0.4 is 5.73 Å². The summed E-state index contributed by atoms with van der Waals surface area (Å²) in [5.74, 6) is 0.883. The maximum atomic E-state index is 5.46. The monoisotopic (exact) mass is 232 g/mol. The maximum absolute atomic E-state index is 5.46. The molecule has 6 heteroatoms. The van der Waals surface area contributed by atoms with Crippen molar-refractivity contribution in [1.82, 2.24) is 25.2 Å². The van der Waals surface area contributed by atoms with E-state index < -0.39 is 0 Å². The van der Waals surface area contributed by atoms with Crippen LogP contribution in [0.5, 0.6) is 0 Å². The number of hydrogen-bond donors (Lipinski definition) is 1. The van der Waals surface area contributed by atoms with Gasteiger partial charge in [-0.15, -0.1) is 5.10 Å². The lowest BCUT2D eigenvalue weighted by Crippen LogP contribution is -2.08. The van der Waals surface area contributed by atoms with Crippen LogP contribution in [0.4, 0.5) is 0 Å². The smallest absolute Gasteiger partial charge is 0.155 e. The number of nitrogens with two attached hydrogens (primary N) is 1. The number of pyridine rings is 1. The number of hydrogen-bond acceptors (Lipinski definition) is 5. The molecule has 2 aromatic heterocycles. The second kappa shape index (κ2) is 6.05. The Hall–Kier alpha value is -1.82. The number of rotatable bonds is 6. The molecular formula is C11H16N6. The molecule has 0 aromatic carbocycles. The van der Waals surface area contributed by atoms with E-state index in [4.69, 9.17) is 5.73 Å². The average Bonchev–Trinajstić information content (AvgIpc) is 2.79. The van der Waals surface area contributed by atoms with Crippen molar-refractivity contribution in [3.63, 3.8) is 0 Å². The second-order valence-electron chi connectivity index (χ2n) is 3.85. The van der Waals surface area contributed by atoms with Gasteiger partial charge in [-0.3, -0.25) is 4.98 Å². The molecular weight excluding hydrogens is 216 g/mol. The summed E-state index contributed by atoms with van der Waals surface area (Å²) in [5.41, 5.74) is 6.62. The first-order valence-corrected chi connectivity index (χ1v) is 5.74. The first-order valence-electron chi connectivity index (χ1n) is 5.74. The summed E-state index contributed by atoms with van der Waals surface area (Å²) in [4.78, 5) is 3.99. The molecule has 2 rings (SSSR count). The largest absolute Gasteiger partial charge is 0.330 e. The second-order valence-corrected chi connectivity index (χ2v) is 3.85. The van der Waals surface area contributed by atoms with Gasteiger partial charge in [0.05, 0.1) is 0 Å². The van der Waals surface area contributed by atoms with Gasteiger partial charge in [0.2, 0.25) is 0 Å². The van der Waals surface area contributed by atoms with Gasteiger partial charge in [-0.05, 0) is 47.5 Å². The van der Waals surface area contributed by atoms with E-state index in [1.807, 2.05) is 16.8 Å². The molecule has 6 nitrogen and oxygen atoms in total. The Balaban J connectivity index is 1.99. The van der Waals surface area contributed by atoms with Crippen LogP contribution in [0.3, 0.4) is 0 Å². The molecule has 2 heterocycles. The maximum Gasteiger partial charge on any atom is 0.155 e. The van der Waals surface area contributed by atoms with Crippen LogP contribution in [0.15, 0.2) is 24.5 Å². The van der Waals surface area contributed by atoms with Crippen LogP contribution in [0.1, 0.15) is 24.2 Å². The quantitative estimate of drug-likeness (QED) is 0.729. The van der Waals surface area contributed by atoms with E-state index in [0.29, 0.717) is 6.54 Å². The summed E-state index contributed by atoms with van der Waals surface area (Å²) in [6.45, 7) is 1.53. The van der Waals surface area contributed by atoms with Gasteiger partial charge >= 0.3 is 0 Å². The van der Waals surface area contributed by atoms with Crippen LogP contribution in [-0.2, 0) is 13.0 Å². The van der Waals surface area contributed by atoms with Gasteiger partial charge in [-0.25, -0.2) is 4.68 Å². The Morgan fingerprint density at radius 2 is 2.00 bits per heavy atom. The fourth-order valence-corrected chi connectivity index (χ4v) is 1.61. The molecule has 0 unspecified atom stereocenters. The summed E-state index contributed by atoms with van der Waals surface area (Å²) in [6.07, 6.45) is 6.29. The van der Waals surface area contributed by atoms with Crippen molar-refractivity contribution in [1.29, 1.82) is 0 Å². The fourth-order valence-electron chi connectivity index (χ4n) is 1.61. The van der Waals surface area contributed by atoms with E-state index >= 15 is 0 Å². The van der Waals surface area contributed by atoms with Crippen molar-refractivity contribution in [2.45, 2.75) is 25.8 Å². The van der Waals surface area contributed by atoms with Gasteiger partial charge in [0.15, 0.2) is 5.82 Å². The number of aromatic nitrogens is 5. The molecule has 0 aliphatic heterocycles. The molecule has 0 spiro atoms. The zero-order valence-electron chi connectivity index (χ0n) is 9.66. The first kappa shape index (κ1) is 11.7. The Morgan fingerprint density at radius 3 is 2.76 bits per heavy atom. The normalized spacial score (nSPS) is 10.6. The minimum absolute atomic E-state index is 0.710. The van der Waals surface area contributed by atoms with Crippen LogP contribution in [0.2, 0.25) is 0 Å². The molecule has 0 bridgehead atoms. The molecule has 0 amide bonds. The lowest BCUT2D eigenvalue weighted by atomic mass is 10.2. The van der Waals surface area contributed by atoms with Gasteiger partial charge < -0.3 is 5.73 Å². The van der Waals surface area contributed by atoms with Crippen molar-refractivity contribution < 1.29 is 0 Å². The van der Waals surface area contributed by atoms with Crippen molar-refractivity contribution in [3.8, 4) is 0 Å². The molecule has 0 radical (unpaired) electrons. The summed E-state index contributed by atoms with van der Waals surface area (Å²) >= 11 is 0. The Bertz CT molecular complexity index is 438. The minimum Gasteiger partial charge on any atom is -0.330 e. The zero-order chi connectivity index (χ0) is 11.9. The molecule has 0 saturated carbocycles. The van der Waals surface area contributed by atoms with Gasteiger partial charge in [0, 0.05) is 25.4 Å². The molecule has 2 aromatic rings. The van der Waals surface area contributed by atoms with Gasteiger partial charge in [0.1, 0.15) is 0 Å². The number of tetrazole rings is 1. The minimum atomic E-state index is 0.710. The number of nitrogens with zero attached hydrogens (tertiary/aromatic N) is 5. The van der Waals surface area contributed by atoms with E-state index in [2.05, 4.69) is 20.5 Å². The molecule has 0 aliphatic rings. The van der Waals surface area contributed by atoms with Crippen LogP contribution in [-0.4, -0.2) is 31.7 Å². The van der Waals surface area contributed by atoms with Crippen molar-refractivity contribution in [2.24, 2.45) is 5.73 Å². The van der Waals surface area contributed by atoms with Gasteiger partial charge in [0.25, 0.3) is 0 Å². The predicted octanol–water partition coefficient (Wildman–Crippen LogP) is 0.398. The Labute approximate surface area is 99.9 Å². The van der Waals surface area contributed by atoms with Crippen molar-refractivity contribution in [3.05, 3.63) is 35.9 Å². The van der Waals surface area contributed by atoms with E-state index in [-0.39, 0.29) is 0 Å². The van der Waals surface area contributed by atoms with Crippen molar-refractivity contribution >= 4 is 0 Å². The standard InChI is InChI=1S/C11H16N6/c12-5-1-2-8-17-11(14-15-16-17)9-10-3-6-13-7-4-10/h3-4,6-7H,1-2,5,8-9,12H2. The lowest BCUT2D eigenvalue weighted by Gasteiger charge is -2.03. The Kier molecular flexibility index (Phi) is 4.15. The molecule has 0 fully saturated rings. The van der Waals surface area contributed by atoms with Crippen LogP contribution in [0, 0.1) is 0 Å². The predicted molar refractivity (Wildman–Crippen MR) is 63.1 cm³/mol. The molecule has 2 N–H and O–H groups in total. The summed E-state index contributed by atoms with van der Waals surface area (Å²) in [6, 6.07) is 3.94. The third-order valence-corrected chi connectivity index (χ3v) is 2.54. The Morgan fingerprint density at radius 1 is 1.18 bits per heavy atom. The number of unbranched alkanes of at least 4 members (excludes halogenated alkanes) is 1. The fraction of sp³-hybridized carbons (Fsp3) is 0.455. The van der Waals surface area contributed by atoms with Crippen LogP contribution in [0.25, 0.3) is 0 Å². The van der Waals surface area contributed by atoms with E-state index in [1.54, 1.807) is 12.4 Å².